The maximum Gasteiger partial charge on any atom is 0.133 e. The Kier molecular flexibility index (Phi) is 25.9. The SMILES string of the molecule is C/C=C/c1cc2c(O)c(c1)C=NC1CCCCC1N=Cc1cc(/C=C\CCCCCCCCCC)cc(c1O)C=NC1CCCCC1N=Cc1cc(/C=C\CCCCCCCCCC)cc(c1O)C=NC1CCCCC1N=C2. The van der Waals surface area contributed by atoms with E-state index in [1.165, 1.54) is 103 Å². The molecule has 9 nitrogen and oxygen atoms in total. The summed E-state index contributed by atoms with van der Waals surface area (Å²) >= 11 is 0. The van der Waals surface area contributed by atoms with Gasteiger partial charge in [-0.15, -0.1) is 0 Å². The van der Waals surface area contributed by atoms with Gasteiger partial charge in [0.05, 0.1) is 36.3 Å². The van der Waals surface area contributed by atoms with Gasteiger partial charge < -0.3 is 15.3 Å². The van der Waals surface area contributed by atoms with Crippen molar-refractivity contribution in [1.82, 2.24) is 0 Å². The van der Waals surface area contributed by atoms with Crippen LogP contribution in [-0.4, -0.2) is 88.9 Å². The number of nitrogens with zero attached hydrogens (tertiary/aromatic N) is 6. The van der Waals surface area contributed by atoms with E-state index in [1.807, 2.05) is 92.8 Å². The van der Waals surface area contributed by atoms with E-state index < -0.39 is 0 Å². The molecule has 1 aliphatic heterocycles. The van der Waals surface area contributed by atoms with E-state index in [9.17, 15) is 15.3 Å². The highest BCUT2D eigenvalue weighted by Gasteiger charge is 2.27. The standard InChI is InChI=1S/C69H96N6O3/c1-4-7-9-11-13-15-17-19-21-23-32-53-42-57-48-72-63-36-27-25-34-61(63)70-46-55-40-52(31-6-3)41-56(67(55)76)47-71-62-35-26-28-37-64(62)73-49-58-43-54(33-24-22-20-18-16-14-12-10-8-5-2)45-60(69(58)78)51-75-66-39-30-29-38-65(66)74-50-59(44-53)68(57)77/h6,23-24,31-33,40-51,61-66,76-78H,4-5,7-22,25-30,34-39H2,1-3H3/b31-6+,32-23-,33-24-,70-46?,71-47?,72-48?,73-49?,74-50?,75-51?. The lowest BCUT2D eigenvalue weighted by Gasteiger charge is -2.26. The second-order valence-electron chi connectivity index (χ2n) is 22.9. The topological polar surface area (TPSA) is 135 Å². The molecule has 78 heavy (non-hydrogen) atoms. The van der Waals surface area contributed by atoms with Crippen molar-refractivity contribution < 1.29 is 15.3 Å². The van der Waals surface area contributed by atoms with Gasteiger partial charge in [0, 0.05) is 70.7 Å². The van der Waals surface area contributed by atoms with Crippen molar-refractivity contribution in [2.75, 3.05) is 0 Å². The molecule has 3 aromatic carbocycles. The predicted molar refractivity (Wildman–Crippen MR) is 335 cm³/mol. The van der Waals surface area contributed by atoms with Gasteiger partial charge in [0.2, 0.25) is 0 Å². The minimum absolute atomic E-state index is 0.0754. The molecule has 9 heteroatoms. The fourth-order valence-electron chi connectivity index (χ4n) is 11.8. The molecular formula is C69H96N6O3. The minimum Gasteiger partial charge on any atom is -0.507 e. The van der Waals surface area contributed by atoms with Gasteiger partial charge in [0.15, 0.2) is 0 Å². The molecule has 1 heterocycles. The number of benzene rings is 3. The summed E-state index contributed by atoms with van der Waals surface area (Å²) in [6.07, 6.45) is 58.4. The molecule has 3 saturated carbocycles. The minimum atomic E-state index is -0.0772. The Morgan fingerprint density at radius 2 is 0.577 bits per heavy atom. The Bertz CT molecular complexity index is 2420. The van der Waals surface area contributed by atoms with Crippen LogP contribution in [0.15, 0.2) is 84.6 Å². The molecule has 420 valence electrons. The van der Waals surface area contributed by atoms with Crippen LogP contribution in [0.3, 0.4) is 0 Å². The number of aliphatic imine (C=N–C) groups is 6. The summed E-state index contributed by atoms with van der Waals surface area (Å²) in [6, 6.07) is 11.7. The van der Waals surface area contributed by atoms with Crippen molar-refractivity contribution >= 4 is 55.5 Å². The summed E-state index contributed by atoms with van der Waals surface area (Å²) in [7, 11) is 0. The van der Waals surface area contributed by atoms with Crippen molar-refractivity contribution in [2.45, 2.75) is 250 Å². The zero-order valence-corrected chi connectivity index (χ0v) is 48.1. The Balaban J connectivity index is 1.24. The molecule has 3 fully saturated rings. The van der Waals surface area contributed by atoms with Gasteiger partial charge in [0.25, 0.3) is 0 Å². The number of phenolic OH excluding ortho intramolecular Hbond substituents is 3. The van der Waals surface area contributed by atoms with E-state index in [1.54, 1.807) is 0 Å². The van der Waals surface area contributed by atoms with Gasteiger partial charge in [0.1, 0.15) is 17.2 Å². The Morgan fingerprint density at radius 1 is 0.346 bits per heavy atom. The van der Waals surface area contributed by atoms with Gasteiger partial charge in [-0.3, -0.25) is 30.0 Å². The van der Waals surface area contributed by atoms with Crippen LogP contribution in [0.2, 0.25) is 0 Å². The second kappa shape index (κ2) is 33.7. The average Bonchev–Trinajstić information content (AvgIpc) is 3.47. The molecule has 4 aliphatic rings. The van der Waals surface area contributed by atoms with Crippen LogP contribution in [0, 0.1) is 0 Å². The van der Waals surface area contributed by atoms with Crippen molar-refractivity contribution in [3.05, 3.63) is 105 Å². The molecule has 3 aromatic rings. The van der Waals surface area contributed by atoms with E-state index >= 15 is 0 Å². The highest BCUT2D eigenvalue weighted by molar-refractivity contribution is 5.95. The van der Waals surface area contributed by atoms with Gasteiger partial charge in [-0.05, 0) is 124 Å². The number of phenols is 3. The van der Waals surface area contributed by atoms with E-state index in [0.29, 0.717) is 33.4 Å². The second-order valence-corrected chi connectivity index (χ2v) is 22.9. The van der Waals surface area contributed by atoms with Crippen LogP contribution in [0.25, 0.3) is 18.2 Å². The van der Waals surface area contributed by atoms with Crippen LogP contribution in [0.1, 0.15) is 263 Å². The first kappa shape index (κ1) is 60.0. The molecule has 0 aromatic heterocycles. The number of unbranched alkanes of at least 4 members (excludes halogenated alkanes) is 16. The highest BCUT2D eigenvalue weighted by atomic mass is 16.3. The highest BCUT2D eigenvalue weighted by Crippen LogP contribution is 2.32. The van der Waals surface area contributed by atoms with Crippen LogP contribution in [0.4, 0.5) is 0 Å². The molecular weight excluding hydrogens is 961 g/mol. The van der Waals surface area contributed by atoms with Gasteiger partial charge in [-0.2, -0.15) is 0 Å². The largest absolute Gasteiger partial charge is 0.507 e. The fourth-order valence-corrected chi connectivity index (χ4v) is 11.8. The number of rotatable bonds is 21. The first-order valence-electron chi connectivity index (χ1n) is 31.1. The third-order valence-corrected chi connectivity index (χ3v) is 16.5. The van der Waals surface area contributed by atoms with Gasteiger partial charge in [-0.25, -0.2) is 0 Å². The number of aromatic hydroxyl groups is 3. The smallest absolute Gasteiger partial charge is 0.133 e. The number of fused-ring (bicyclic) bond motifs is 9. The lowest BCUT2D eigenvalue weighted by atomic mass is 9.91. The first-order valence-corrected chi connectivity index (χ1v) is 31.1. The third kappa shape index (κ3) is 19.3. The fraction of sp³-hybridized carbons (Fsp3) is 0.565. The summed E-state index contributed by atoms with van der Waals surface area (Å²) in [5.74, 6) is 0.480. The lowest BCUT2D eigenvalue weighted by Crippen LogP contribution is -2.27. The number of hydrogen-bond donors (Lipinski definition) is 3. The average molecular weight is 1060 g/mol. The number of allylic oxidation sites excluding steroid dienone is 3. The third-order valence-electron chi connectivity index (χ3n) is 16.5. The summed E-state index contributed by atoms with van der Waals surface area (Å²) in [6.45, 7) is 6.54. The zero-order chi connectivity index (χ0) is 54.6. The maximum absolute atomic E-state index is 12.0. The maximum atomic E-state index is 12.0. The van der Waals surface area contributed by atoms with Crippen molar-refractivity contribution in [2.24, 2.45) is 30.0 Å². The van der Waals surface area contributed by atoms with Crippen molar-refractivity contribution in [1.29, 1.82) is 0 Å². The van der Waals surface area contributed by atoms with Crippen LogP contribution in [-0.2, 0) is 0 Å². The van der Waals surface area contributed by atoms with E-state index in [-0.39, 0.29) is 53.5 Å². The predicted octanol–water partition coefficient (Wildman–Crippen LogP) is 17.8. The van der Waals surface area contributed by atoms with E-state index in [2.05, 4.69) is 38.2 Å². The molecule has 7 rings (SSSR count). The molecule has 0 saturated heterocycles. The molecule has 0 spiro atoms. The summed E-state index contributed by atoms with van der Waals surface area (Å²) in [5, 5.41) is 35.9. The van der Waals surface area contributed by atoms with Gasteiger partial charge in [-0.1, -0.05) is 179 Å². The molecule has 3 N–H and O–H groups in total. The lowest BCUT2D eigenvalue weighted by molar-refractivity contribution is 0.389. The Morgan fingerprint density at radius 3 is 0.821 bits per heavy atom. The molecule has 3 aliphatic carbocycles. The summed E-state index contributed by atoms with van der Waals surface area (Å²) < 4.78 is 0. The first-order chi connectivity index (χ1) is 38.3. The molecule has 6 unspecified atom stereocenters. The molecule has 6 bridgehead atoms. The van der Waals surface area contributed by atoms with Crippen LogP contribution >= 0.6 is 0 Å². The number of hydrogen-bond acceptors (Lipinski definition) is 9. The van der Waals surface area contributed by atoms with Crippen molar-refractivity contribution in [3.8, 4) is 17.2 Å². The quantitative estimate of drug-likeness (QED) is 0.0917. The van der Waals surface area contributed by atoms with E-state index in [4.69, 9.17) is 30.0 Å². The Hall–Kier alpha value is -5.70. The molecule has 0 radical (unpaired) electrons. The monoisotopic (exact) mass is 1060 g/mol. The summed E-state index contributed by atoms with van der Waals surface area (Å²) in [5.41, 5.74) is 6.92. The zero-order valence-electron chi connectivity index (χ0n) is 48.1. The molecule has 6 atom stereocenters. The van der Waals surface area contributed by atoms with Crippen molar-refractivity contribution in [3.63, 3.8) is 0 Å². The van der Waals surface area contributed by atoms with Gasteiger partial charge >= 0.3 is 0 Å². The normalized spacial score (nSPS) is 22.0. The van der Waals surface area contributed by atoms with Crippen LogP contribution in [0.5, 0.6) is 17.2 Å². The van der Waals surface area contributed by atoms with E-state index in [0.717, 1.165) is 107 Å². The molecule has 0 amide bonds. The van der Waals surface area contributed by atoms with Crippen LogP contribution < -0.4 is 0 Å². The Labute approximate surface area is 470 Å². The summed E-state index contributed by atoms with van der Waals surface area (Å²) in [4.78, 5) is 31.1.